The number of imidazole rings is 1. The SMILES string of the molecule is Brc1cncc(-c2nccn2CC2CCCO2)c1. The van der Waals surface area contributed by atoms with Crippen LogP contribution in [0.2, 0.25) is 0 Å². The van der Waals surface area contributed by atoms with E-state index in [9.17, 15) is 0 Å². The number of pyridine rings is 1. The summed E-state index contributed by atoms with van der Waals surface area (Å²) in [5.74, 6) is 0.944. The summed E-state index contributed by atoms with van der Waals surface area (Å²) in [5, 5.41) is 0. The van der Waals surface area contributed by atoms with Crippen LogP contribution < -0.4 is 0 Å². The highest BCUT2D eigenvalue weighted by molar-refractivity contribution is 9.10. The third kappa shape index (κ3) is 2.47. The second kappa shape index (κ2) is 5.20. The molecular weight excluding hydrogens is 294 g/mol. The topological polar surface area (TPSA) is 39.9 Å². The van der Waals surface area contributed by atoms with Crippen molar-refractivity contribution < 1.29 is 4.74 Å². The Morgan fingerprint density at radius 1 is 1.44 bits per heavy atom. The summed E-state index contributed by atoms with van der Waals surface area (Å²) < 4.78 is 8.77. The third-order valence-electron chi connectivity index (χ3n) is 3.10. The third-order valence-corrected chi connectivity index (χ3v) is 3.54. The van der Waals surface area contributed by atoms with Crippen LogP contribution in [0.1, 0.15) is 12.8 Å². The van der Waals surface area contributed by atoms with Crippen LogP contribution in [0.15, 0.2) is 35.3 Å². The maximum atomic E-state index is 5.67. The van der Waals surface area contributed by atoms with Gasteiger partial charge in [0.05, 0.1) is 12.6 Å². The van der Waals surface area contributed by atoms with Gasteiger partial charge in [0.25, 0.3) is 0 Å². The number of ether oxygens (including phenoxy) is 1. The minimum atomic E-state index is 0.318. The average molecular weight is 308 g/mol. The average Bonchev–Trinajstić information content (AvgIpc) is 3.01. The number of hydrogen-bond acceptors (Lipinski definition) is 3. The number of halogens is 1. The van der Waals surface area contributed by atoms with Crippen molar-refractivity contribution >= 4 is 15.9 Å². The highest BCUT2D eigenvalue weighted by Crippen LogP contribution is 2.22. The van der Waals surface area contributed by atoms with E-state index in [1.165, 1.54) is 0 Å². The van der Waals surface area contributed by atoms with Gasteiger partial charge in [-0.05, 0) is 34.8 Å². The van der Waals surface area contributed by atoms with Gasteiger partial charge in [-0.25, -0.2) is 4.98 Å². The molecule has 1 unspecified atom stereocenters. The Hall–Kier alpha value is -1.20. The van der Waals surface area contributed by atoms with Crippen molar-refractivity contribution in [3.05, 3.63) is 35.3 Å². The Morgan fingerprint density at radius 3 is 3.17 bits per heavy atom. The van der Waals surface area contributed by atoms with Crippen molar-refractivity contribution in [2.45, 2.75) is 25.5 Å². The summed E-state index contributed by atoms with van der Waals surface area (Å²) in [6.07, 6.45) is 10.0. The van der Waals surface area contributed by atoms with Crippen LogP contribution in [0.25, 0.3) is 11.4 Å². The van der Waals surface area contributed by atoms with Gasteiger partial charge in [0.15, 0.2) is 0 Å². The number of rotatable bonds is 3. The molecular formula is C13H14BrN3O. The standard InChI is InChI=1S/C13H14BrN3O/c14-11-6-10(7-15-8-11)13-16-3-4-17(13)9-12-2-1-5-18-12/h3-4,6-8,12H,1-2,5,9H2. The predicted molar refractivity (Wildman–Crippen MR) is 72.1 cm³/mol. The van der Waals surface area contributed by atoms with Crippen LogP contribution >= 0.6 is 15.9 Å². The maximum Gasteiger partial charge on any atom is 0.141 e. The van der Waals surface area contributed by atoms with Crippen LogP contribution in [0.4, 0.5) is 0 Å². The van der Waals surface area contributed by atoms with Crippen molar-refractivity contribution in [1.29, 1.82) is 0 Å². The molecule has 2 aromatic rings. The van der Waals surface area contributed by atoms with E-state index < -0.39 is 0 Å². The molecule has 1 atom stereocenters. The first kappa shape index (κ1) is 11.9. The Kier molecular flexibility index (Phi) is 3.43. The molecule has 1 aliphatic rings. The smallest absolute Gasteiger partial charge is 0.141 e. The zero-order valence-electron chi connectivity index (χ0n) is 9.92. The number of hydrogen-bond donors (Lipinski definition) is 0. The summed E-state index contributed by atoms with van der Waals surface area (Å²) in [6.45, 7) is 1.75. The minimum Gasteiger partial charge on any atom is -0.376 e. The van der Waals surface area contributed by atoms with Gasteiger partial charge in [-0.2, -0.15) is 0 Å². The van der Waals surface area contributed by atoms with Crippen molar-refractivity contribution in [3.63, 3.8) is 0 Å². The molecule has 4 nitrogen and oxygen atoms in total. The molecule has 3 heterocycles. The van der Waals surface area contributed by atoms with Crippen LogP contribution in [0.5, 0.6) is 0 Å². The summed E-state index contributed by atoms with van der Waals surface area (Å²) in [4.78, 5) is 8.60. The minimum absolute atomic E-state index is 0.318. The predicted octanol–water partition coefficient (Wildman–Crippen LogP) is 2.89. The van der Waals surface area contributed by atoms with Gasteiger partial charge in [-0.3, -0.25) is 4.98 Å². The van der Waals surface area contributed by atoms with Crippen molar-refractivity contribution in [2.75, 3.05) is 6.61 Å². The Balaban J connectivity index is 1.86. The van der Waals surface area contributed by atoms with E-state index in [2.05, 4.69) is 30.5 Å². The van der Waals surface area contributed by atoms with Gasteiger partial charge >= 0.3 is 0 Å². The van der Waals surface area contributed by atoms with Crippen LogP contribution in [-0.2, 0) is 11.3 Å². The lowest BCUT2D eigenvalue weighted by Gasteiger charge is -2.12. The fourth-order valence-corrected chi connectivity index (χ4v) is 2.62. The van der Waals surface area contributed by atoms with E-state index in [4.69, 9.17) is 4.74 Å². The molecule has 0 aromatic carbocycles. The Labute approximate surface area is 114 Å². The molecule has 0 amide bonds. The molecule has 0 spiro atoms. The monoisotopic (exact) mass is 307 g/mol. The summed E-state index contributed by atoms with van der Waals surface area (Å²) >= 11 is 3.44. The van der Waals surface area contributed by atoms with E-state index in [0.29, 0.717) is 6.10 Å². The normalized spacial score (nSPS) is 19.3. The molecule has 0 radical (unpaired) electrons. The maximum absolute atomic E-state index is 5.67. The molecule has 5 heteroatoms. The van der Waals surface area contributed by atoms with Crippen molar-refractivity contribution in [3.8, 4) is 11.4 Å². The molecule has 0 N–H and O–H groups in total. The van der Waals surface area contributed by atoms with E-state index in [1.54, 1.807) is 6.20 Å². The fraction of sp³-hybridized carbons (Fsp3) is 0.385. The molecule has 1 fully saturated rings. The molecule has 3 rings (SSSR count). The van der Waals surface area contributed by atoms with Crippen LogP contribution in [0, 0.1) is 0 Å². The first-order valence-electron chi connectivity index (χ1n) is 6.06. The molecule has 1 saturated heterocycles. The second-order valence-corrected chi connectivity index (χ2v) is 5.35. The van der Waals surface area contributed by atoms with Crippen molar-refractivity contribution in [2.24, 2.45) is 0 Å². The van der Waals surface area contributed by atoms with E-state index >= 15 is 0 Å². The molecule has 0 bridgehead atoms. The zero-order valence-corrected chi connectivity index (χ0v) is 11.5. The van der Waals surface area contributed by atoms with Crippen molar-refractivity contribution in [1.82, 2.24) is 14.5 Å². The first-order valence-corrected chi connectivity index (χ1v) is 6.86. The van der Waals surface area contributed by atoms with Gasteiger partial charge in [0, 0.05) is 41.4 Å². The highest BCUT2D eigenvalue weighted by Gasteiger charge is 2.17. The van der Waals surface area contributed by atoms with Gasteiger partial charge in [-0.1, -0.05) is 0 Å². The molecule has 1 aliphatic heterocycles. The highest BCUT2D eigenvalue weighted by atomic mass is 79.9. The Morgan fingerprint density at radius 2 is 2.39 bits per heavy atom. The summed E-state index contributed by atoms with van der Waals surface area (Å²) in [7, 11) is 0. The lowest BCUT2D eigenvalue weighted by molar-refractivity contribution is 0.0974. The summed E-state index contributed by atoms with van der Waals surface area (Å²) in [6, 6.07) is 2.03. The number of aromatic nitrogens is 3. The molecule has 0 saturated carbocycles. The van der Waals surface area contributed by atoms with Gasteiger partial charge < -0.3 is 9.30 Å². The Bertz CT molecular complexity index is 535. The quantitative estimate of drug-likeness (QED) is 0.875. The lowest BCUT2D eigenvalue weighted by atomic mass is 10.2. The first-order chi connectivity index (χ1) is 8.83. The summed E-state index contributed by atoms with van der Waals surface area (Å²) in [5.41, 5.74) is 1.02. The molecule has 0 aliphatic carbocycles. The van der Waals surface area contributed by atoms with E-state index in [1.807, 2.05) is 24.7 Å². The second-order valence-electron chi connectivity index (χ2n) is 4.43. The van der Waals surface area contributed by atoms with E-state index in [0.717, 1.165) is 41.9 Å². The van der Waals surface area contributed by atoms with Crippen LogP contribution in [0.3, 0.4) is 0 Å². The molecule has 94 valence electrons. The largest absolute Gasteiger partial charge is 0.376 e. The molecule has 2 aromatic heterocycles. The lowest BCUT2D eigenvalue weighted by Crippen LogP contribution is -2.15. The van der Waals surface area contributed by atoms with Gasteiger partial charge in [0.2, 0.25) is 0 Å². The van der Waals surface area contributed by atoms with E-state index in [-0.39, 0.29) is 0 Å². The molecule has 18 heavy (non-hydrogen) atoms. The van der Waals surface area contributed by atoms with Crippen LogP contribution in [-0.4, -0.2) is 27.2 Å². The van der Waals surface area contributed by atoms with Gasteiger partial charge in [-0.15, -0.1) is 0 Å². The van der Waals surface area contributed by atoms with Gasteiger partial charge in [0.1, 0.15) is 5.82 Å². The number of nitrogens with zero attached hydrogens (tertiary/aromatic N) is 3. The fourth-order valence-electron chi connectivity index (χ4n) is 2.26. The zero-order chi connectivity index (χ0) is 12.4.